The van der Waals surface area contributed by atoms with Gasteiger partial charge in [0.15, 0.2) is 0 Å². The Kier molecular flexibility index (Phi) is 5.41. The minimum atomic E-state index is -0.406. The summed E-state index contributed by atoms with van der Waals surface area (Å²) < 4.78 is 9.66. The van der Waals surface area contributed by atoms with Crippen molar-refractivity contribution < 1.29 is 14.2 Å². The first-order valence-electron chi connectivity index (χ1n) is 5.55. The van der Waals surface area contributed by atoms with Crippen LogP contribution in [0.3, 0.4) is 0 Å². The van der Waals surface area contributed by atoms with Gasteiger partial charge >= 0.3 is 0 Å². The van der Waals surface area contributed by atoms with E-state index in [2.05, 4.69) is 34.1 Å². The largest absolute Gasteiger partial charge is 0.380 e. The summed E-state index contributed by atoms with van der Waals surface area (Å²) in [6.07, 6.45) is 1.01. The van der Waals surface area contributed by atoms with E-state index in [4.69, 9.17) is 10.5 Å². The summed E-state index contributed by atoms with van der Waals surface area (Å²) in [6, 6.07) is 0. The SMILES string of the molecule is CC(C)CCOCCNC(=O)c1nonc1N. The maximum absolute atomic E-state index is 11.5. The molecule has 0 bridgehead atoms. The van der Waals surface area contributed by atoms with Crippen molar-refractivity contribution in [3.8, 4) is 0 Å². The zero-order valence-corrected chi connectivity index (χ0v) is 10.1. The molecule has 0 atom stereocenters. The number of aromatic nitrogens is 2. The fraction of sp³-hybridized carbons (Fsp3) is 0.700. The fourth-order valence-electron chi connectivity index (χ4n) is 1.09. The highest BCUT2D eigenvalue weighted by Crippen LogP contribution is 2.02. The molecule has 0 aliphatic heterocycles. The topological polar surface area (TPSA) is 103 Å². The van der Waals surface area contributed by atoms with Gasteiger partial charge in [0.2, 0.25) is 11.5 Å². The van der Waals surface area contributed by atoms with Crippen molar-refractivity contribution in [3.05, 3.63) is 5.69 Å². The molecule has 0 aliphatic carbocycles. The Balaban J connectivity index is 2.11. The van der Waals surface area contributed by atoms with Gasteiger partial charge in [-0.05, 0) is 22.7 Å². The standard InChI is InChI=1S/C10H18N4O3/c1-7(2)3-5-16-6-4-12-10(15)8-9(11)14-17-13-8/h7H,3-6H2,1-2H3,(H2,11,14)(H,12,15). The van der Waals surface area contributed by atoms with E-state index < -0.39 is 5.91 Å². The van der Waals surface area contributed by atoms with Crippen LogP contribution in [0.25, 0.3) is 0 Å². The number of anilines is 1. The highest BCUT2D eigenvalue weighted by atomic mass is 16.6. The molecule has 0 unspecified atom stereocenters. The normalized spacial score (nSPS) is 10.8. The van der Waals surface area contributed by atoms with E-state index in [0.29, 0.717) is 25.7 Å². The molecule has 7 nitrogen and oxygen atoms in total. The van der Waals surface area contributed by atoms with Crippen molar-refractivity contribution >= 4 is 11.7 Å². The second kappa shape index (κ2) is 6.85. The van der Waals surface area contributed by atoms with Gasteiger partial charge in [-0.2, -0.15) is 0 Å². The van der Waals surface area contributed by atoms with Crippen molar-refractivity contribution in [1.29, 1.82) is 0 Å². The molecular weight excluding hydrogens is 224 g/mol. The zero-order valence-electron chi connectivity index (χ0n) is 10.1. The monoisotopic (exact) mass is 242 g/mol. The van der Waals surface area contributed by atoms with Gasteiger partial charge < -0.3 is 15.8 Å². The van der Waals surface area contributed by atoms with E-state index in [1.165, 1.54) is 0 Å². The van der Waals surface area contributed by atoms with Crippen LogP contribution in [0.15, 0.2) is 4.63 Å². The Bertz CT molecular complexity index is 351. The second-order valence-corrected chi connectivity index (χ2v) is 4.05. The molecule has 3 N–H and O–H groups in total. The Labute approximate surface area is 99.7 Å². The highest BCUT2D eigenvalue weighted by molar-refractivity contribution is 5.95. The highest BCUT2D eigenvalue weighted by Gasteiger charge is 2.14. The molecule has 0 saturated carbocycles. The van der Waals surface area contributed by atoms with Gasteiger partial charge in [-0.15, -0.1) is 0 Å². The maximum atomic E-state index is 11.5. The van der Waals surface area contributed by atoms with Crippen LogP contribution in [0, 0.1) is 5.92 Å². The van der Waals surface area contributed by atoms with Crippen LogP contribution in [0.2, 0.25) is 0 Å². The van der Waals surface area contributed by atoms with Crippen molar-refractivity contribution in [1.82, 2.24) is 15.6 Å². The number of hydrogen-bond acceptors (Lipinski definition) is 6. The van der Waals surface area contributed by atoms with E-state index in [9.17, 15) is 4.79 Å². The molecule has 0 spiro atoms. The quantitative estimate of drug-likeness (QED) is 0.672. The fourth-order valence-corrected chi connectivity index (χ4v) is 1.09. The summed E-state index contributed by atoms with van der Waals surface area (Å²) in [5.41, 5.74) is 5.37. The van der Waals surface area contributed by atoms with Crippen LogP contribution in [-0.4, -0.2) is 36.0 Å². The number of nitrogens with zero attached hydrogens (tertiary/aromatic N) is 2. The van der Waals surface area contributed by atoms with Crippen LogP contribution >= 0.6 is 0 Å². The molecule has 1 aromatic rings. The number of carbonyl (C=O) groups excluding carboxylic acids is 1. The molecule has 1 rings (SSSR count). The van der Waals surface area contributed by atoms with Crippen LogP contribution in [0.4, 0.5) is 5.82 Å². The Morgan fingerprint density at radius 3 is 2.82 bits per heavy atom. The van der Waals surface area contributed by atoms with E-state index >= 15 is 0 Å². The molecule has 0 fully saturated rings. The third-order valence-electron chi connectivity index (χ3n) is 2.10. The summed E-state index contributed by atoms with van der Waals surface area (Å²) in [6.45, 7) is 5.82. The zero-order chi connectivity index (χ0) is 12.7. The first kappa shape index (κ1) is 13.4. The molecule has 1 heterocycles. The molecule has 0 saturated heterocycles. The minimum absolute atomic E-state index is 0.00665. The maximum Gasteiger partial charge on any atom is 0.277 e. The molecule has 0 radical (unpaired) electrons. The van der Waals surface area contributed by atoms with Crippen LogP contribution in [-0.2, 0) is 4.74 Å². The molecule has 0 aliphatic rings. The van der Waals surface area contributed by atoms with Gasteiger partial charge in [-0.25, -0.2) is 4.63 Å². The predicted octanol–water partition coefficient (Wildman–Crippen LogP) is 0.444. The van der Waals surface area contributed by atoms with Crippen molar-refractivity contribution in [3.63, 3.8) is 0 Å². The smallest absolute Gasteiger partial charge is 0.277 e. The second-order valence-electron chi connectivity index (χ2n) is 4.05. The predicted molar refractivity (Wildman–Crippen MR) is 61.3 cm³/mol. The summed E-state index contributed by atoms with van der Waals surface area (Å²) in [7, 11) is 0. The van der Waals surface area contributed by atoms with E-state index in [1.54, 1.807) is 0 Å². The molecule has 17 heavy (non-hydrogen) atoms. The van der Waals surface area contributed by atoms with E-state index in [1.807, 2.05) is 0 Å². The number of carbonyl (C=O) groups is 1. The molecule has 96 valence electrons. The number of nitrogens with one attached hydrogen (secondary N) is 1. The van der Waals surface area contributed by atoms with Crippen molar-refractivity contribution in [2.24, 2.45) is 5.92 Å². The lowest BCUT2D eigenvalue weighted by atomic mass is 10.1. The number of nitrogens with two attached hydrogens (primary N) is 1. The lowest BCUT2D eigenvalue weighted by Crippen LogP contribution is -2.28. The first-order chi connectivity index (χ1) is 8.11. The number of hydrogen-bond donors (Lipinski definition) is 2. The van der Waals surface area contributed by atoms with Gasteiger partial charge in [-0.1, -0.05) is 13.8 Å². The third kappa shape index (κ3) is 4.81. The summed E-state index contributed by atoms with van der Waals surface area (Å²) in [4.78, 5) is 11.5. The lowest BCUT2D eigenvalue weighted by Gasteiger charge is -2.06. The third-order valence-corrected chi connectivity index (χ3v) is 2.10. The van der Waals surface area contributed by atoms with Crippen molar-refractivity contribution in [2.75, 3.05) is 25.5 Å². The average molecular weight is 242 g/mol. The first-order valence-corrected chi connectivity index (χ1v) is 5.55. The van der Waals surface area contributed by atoms with Gasteiger partial charge in [0.05, 0.1) is 6.61 Å². The molecular formula is C10H18N4O3. The van der Waals surface area contributed by atoms with Crippen LogP contribution in [0.1, 0.15) is 30.8 Å². The average Bonchev–Trinajstić information content (AvgIpc) is 2.69. The van der Waals surface area contributed by atoms with E-state index in [0.717, 1.165) is 6.42 Å². The van der Waals surface area contributed by atoms with Gasteiger partial charge in [0, 0.05) is 13.2 Å². The summed E-state index contributed by atoms with van der Waals surface area (Å²) in [5, 5.41) is 9.31. The van der Waals surface area contributed by atoms with Crippen LogP contribution < -0.4 is 11.1 Å². The summed E-state index contributed by atoms with van der Waals surface area (Å²) in [5.74, 6) is 0.199. The molecule has 0 aromatic carbocycles. The van der Waals surface area contributed by atoms with Gasteiger partial charge in [0.1, 0.15) is 0 Å². The van der Waals surface area contributed by atoms with E-state index in [-0.39, 0.29) is 11.5 Å². The Morgan fingerprint density at radius 1 is 1.47 bits per heavy atom. The van der Waals surface area contributed by atoms with Gasteiger partial charge in [0.25, 0.3) is 5.91 Å². The molecule has 7 heteroatoms. The van der Waals surface area contributed by atoms with Gasteiger partial charge in [-0.3, -0.25) is 4.79 Å². The van der Waals surface area contributed by atoms with Crippen molar-refractivity contribution in [2.45, 2.75) is 20.3 Å². The Hall–Kier alpha value is -1.63. The Morgan fingerprint density at radius 2 is 2.24 bits per heavy atom. The number of amides is 1. The number of rotatable bonds is 7. The molecule has 1 amide bonds. The minimum Gasteiger partial charge on any atom is -0.380 e. The molecule has 1 aromatic heterocycles. The number of ether oxygens (including phenoxy) is 1. The van der Waals surface area contributed by atoms with Crippen LogP contribution in [0.5, 0.6) is 0 Å². The summed E-state index contributed by atoms with van der Waals surface area (Å²) >= 11 is 0. The number of nitrogen functional groups attached to an aromatic ring is 1. The lowest BCUT2D eigenvalue weighted by molar-refractivity contribution is 0.0897.